The van der Waals surface area contributed by atoms with E-state index in [-0.39, 0.29) is 12.2 Å². The van der Waals surface area contributed by atoms with Crippen LogP contribution in [0, 0.1) is 0 Å². The lowest BCUT2D eigenvalue weighted by Crippen LogP contribution is -2.38. The molecule has 8 heteroatoms. The third-order valence-corrected chi connectivity index (χ3v) is 5.62. The summed E-state index contributed by atoms with van der Waals surface area (Å²) >= 11 is 0. The first-order valence-electron chi connectivity index (χ1n) is 12.2. The molecule has 192 valence electrons. The molecule has 1 atom stereocenters. The summed E-state index contributed by atoms with van der Waals surface area (Å²) in [6, 6.07) is 16.3. The Balaban J connectivity index is 1.59. The second-order valence-electron chi connectivity index (χ2n) is 8.55. The standard InChI is InChI=1S/C28H31F3N2O3/c1-3-5-6-8-20-9-11-21(12-10-20)22-13-15-23(16-14-22)27-32-17-24(18-33-27)35-19-25(28(29,30)31)36-26(34)7-4-2/h9-18,25H,3-8,19H2,1-2H3. The molecule has 1 aromatic heterocycles. The second kappa shape index (κ2) is 13.0. The number of alkyl halides is 3. The minimum absolute atomic E-state index is 0.0511. The summed E-state index contributed by atoms with van der Waals surface area (Å²) < 4.78 is 49.2. The van der Waals surface area contributed by atoms with Crippen molar-refractivity contribution in [3.63, 3.8) is 0 Å². The zero-order valence-electron chi connectivity index (χ0n) is 20.6. The van der Waals surface area contributed by atoms with Crippen LogP contribution in [0.4, 0.5) is 13.2 Å². The van der Waals surface area contributed by atoms with Crippen molar-refractivity contribution in [3.8, 4) is 28.3 Å². The Labute approximate surface area is 209 Å². The molecule has 0 bridgehead atoms. The van der Waals surface area contributed by atoms with E-state index in [1.165, 1.54) is 37.2 Å². The predicted molar refractivity (Wildman–Crippen MR) is 132 cm³/mol. The minimum Gasteiger partial charge on any atom is -0.486 e. The number of hydrogen-bond acceptors (Lipinski definition) is 5. The van der Waals surface area contributed by atoms with Crippen LogP contribution >= 0.6 is 0 Å². The lowest BCUT2D eigenvalue weighted by Gasteiger charge is -2.20. The monoisotopic (exact) mass is 500 g/mol. The van der Waals surface area contributed by atoms with Gasteiger partial charge >= 0.3 is 12.1 Å². The van der Waals surface area contributed by atoms with Gasteiger partial charge in [-0.25, -0.2) is 9.97 Å². The Bertz CT molecular complexity index is 1080. The maximum absolute atomic E-state index is 13.2. The number of esters is 1. The van der Waals surface area contributed by atoms with Crippen LogP contribution < -0.4 is 4.74 Å². The summed E-state index contributed by atoms with van der Waals surface area (Å²) in [7, 11) is 0. The van der Waals surface area contributed by atoms with E-state index in [9.17, 15) is 18.0 Å². The first-order chi connectivity index (χ1) is 17.3. The number of ether oxygens (including phenoxy) is 2. The Morgan fingerprint density at radius 3 is 2.00 bits per heavy atom. The van der Waals surface area contributed by atoms with Gasteiger partial charge < -0.3 is 9.47 Å². The van der Waals surface area contributed by atoms with Crippen molar-refractivity contribution in [2.45, 2.75) is 64.7 Å². The summed E-state index contributed by atoms with van der Waals surface area (Å²) in [6.07, 6.45) is 0.549. The van der Waals surface area contributed by atoms with E-state index in [0.29, 0.717) is 12.2 Å². The highest BCUT2D eigenvalue weighted by Gasteiger charge is 2.43. The lowest BCUT2D eigenvalue weighted by atomic mass is 10.0. The molecular weight excluding hydrogens is 469 g/mol. The molecule has 3 rings (SSSR count). The number of nitrogens with zero attached hydrogens (tertiary/aromatic N) is 2. The summed E-state index contributed by atoms with van der Waals surface area (Å²) in [6.45, 7) is 3.01. The van der Waals surface area contributed by atoms with E-state index in [1.54, 1.807) is 6.92 Å². The van der Waals surface area contributed by atoms with Crippen LogP contribution in [0.1, 0.15) is 51.5 Å². The van der Waals surface area contributed by atoms with Crippen LogP contribution in [-0.2, 0) is 16.0 Å². The topological polar surface area (TPSA) is 61.3 Å². The number of halogens is 3. The van der Waals surface area contributed by atoms with Crippen LogP contribution in [0.3, 0.4) is 0 Å². The van der Waals surface area contributed by atoms with Crippen molar-refractivity contribution in [2.75, 3.05) is 6.61 Å². The van der Waals surface area contributed by atoms with Gasteiger partial charge in [-0.2, -0.15) is 13.2 Å². The van der Waals surface area contributed by atoms with Crippen LogP contribution in [0.25, 0.3) is 22.5 Å². The van der Waals surface area contributed by atoms with Gasteiger partial charge in [0.15, 0.2) is 11.6 Å². The summed E-state index contributed by atoms with van der Waals surface area (Å²) in [5, 5.41) is 0. The molecule has 0 saturated carbocycles. The number of rotatable bonds is 12. The number of aryl methyl sites for hydroxylation is 1. The van der Waals surface area contributed by atoms with Crippen molar-refractivity contribution < 1.29 is 27.4 Å². The molecule has 2 aromatic carbocycles. The maximum atomic E-state index is 13.2. The Hall–Kier alpha value is -3.42. The second-order valence-corrected chi connectivity index (χ2v) is 8.55. The molecule has 3 aromatic rings. The highest BCUT2D eigenvalue weighted by Crippen LogP contribution is 2.26. The van der Waals surface area contributed by atoms with Crippen molar-refractivity contribution in [1.29, 1.82) is 0 Å². The molecule has 1 heterocycles. The normalized spacial score (nSPS) is 12.2. The molecule has 0 aliphatic rings. The van der Waals surface area contributed by atoms with Crippen molar-refractivity contribution in [2.24, 2.45) is 0 Å². The third-order valence-electron chi connectivity index (χ3n) is 5.62. The molecule has 0 N–H and O–H groups in total. The van der Waals surface area contributed by atoms with Crippen molar-refractivity contribution in [3.05, 3.63) is 66.5 Å². The molecule has 0 aliphatic heterocycles. The van der Waals surface area contributed by atoms with E-state index in [1.807, 2.05) is 24.3 Å². The number of unbranched alkanes of at least 4 members (excludes halogenated alkanes) is 2. The van der Waals surface area contributed by atoms with Gasteiger partial charge in [0.05, 0.1) is 12.4 Å². The number of benzene rings is 2. The van der Waals surface area contributed by atoms with Crippen LogP contribution in [0.5, 0.6) is 5.75 Å². The maximum Gasteiger partial charge on any atom is 0.428 e. The Morgan fingerprint density at radius 2 is 1.44 bits per heavy atom. The molecule has 0 saturated heterocycles. The molecule has 0 fully saturated rings. The first kappa shape index (κ1) is 27.2. The predicted octanol–water partition coefficient (Wildman–Crippen LogP) is 7.20. The lowest BCUT2D eigenvalue weighted by molar-refractivity contribution is -0.227. The van der Waals surface area contributed by atoms with Gasteiger partial charge in [-0.15, -0.1) is 0 Å². The third kappa shape index (κ3) is 8.07. The van der Waals surface area contributed by atoms with Crippen LogP contribution in [0.2, 0.25) is 0 Å². The van der Waals surface area contributed by atoms with Crippen LogP contribution in [-0.4, -0.2) is 34.8 Å². The van der Waals surface area contributed by atoms with Gasteiger partial charge in [-0.3, -0.25) is 4.79 Å². The summed E-state index contributed by atoms with van der Waals surface area (Å²) in [4.78, 5) is 19.9. The summed E-state index contributed by atoms with van der Waals surface area (Å²) in [5.41, 5.74) is 4.28. The molecule has 0 amide bonds. The highest BCUT2D eigenvalue weighted by molar-refractivity contribution is 5.69. The van der Waals surface area contributed by atoms with E-state index in [2.05, 4.69) is 45.9 Å². The van der Waals surface area contributed by atoms with Gasteiger partial charge in [-0.1, -0.05) is 75.2 Å². The number of aromatic nitrogens is 2. The van der Waals surface area contributed by atoms with Gasteiger partial charge in [0, 0.05) is 12.0 Å². The Morgan fingerprint density at radius 1 is 0.861 bits per heavy atom. The number of hydrogen-bond donors (Lipinski definition) is 0. The molecule has 0 spiro atoms. The molecule has 1 unspecified atom stereocenters. The van der Waals surface area contributed by atoms with E-state index < -0.39 is 24.9 Å². The fraction of sp³-hybridized carbons (Fsp3) is 0.393. The molecule has 5 nitrogen and oxygen atoms in total. The molecular formula is C28H31F3N2O3. The number of carbonyl (C=O) groups is 1. The smallest absolute Gasteiger partial charge is 0.428 e. The van der Waals surface area contributed by atoms with Gasteiger partial charge in [0.1, 0.15) is 6.61 Å². The molecule has 36 heavy (non-hydrogen) atoms. The SMILES string of the molecule is CCCCCc1ccc(-c2ccc(-c3ncc(OCC(OC(=O)CCC)C(F)(F)F)cn3)cc2)cc1. The average Bonchev–Trinajstić information content (AvgIpc) is 2.87. The van der Waals surface area contributed by atoms with Gasteiger partial charge in [0.25, 0.3) is 0 Å². The molecule has 0 aliphatic carbocycles. The van der Waals surface area contributed by atoms with Gasteiger partial charge in [0.2, 0.25) is 6.10 Å². The minimum atomic E-state index is -4.73. The average molecular weight is 501 g/mol. The van der Waals surface area contributed by atoms with E-state index in [0.717, 1.165) is 23.1 Å². The van der Waals surface area contributed by atoms with E-state index >= 15 is 0 Å². The van der Waals surface area contributed by atoms with Crippen LogP contribution in [0.15, 0.2) is 60.9 Å². The first-order valence-corrected chi connectivity index (χ1v) is 12.2. The fourth-order valence-electron chi connectivity index (χ4n) is 3.58. The number of carbonyl (C=O) groups excluding carboxylic acids is 1. The zero-order valence-corrected chi connectivity index (χ0v) is 20.6. The largest absolute Gasteiger partial charge is 0.486 e. The van der Waals surface area contributed by atoms with E-state index in [4.69, 9.17) is 4.74 Å². The summed E-state index contributed by atoms with van der Waals surface area (Å²) in [5.74, 6) is -0.446. The fourth-order valence-corrected chi connectivity index (χ4v) is 3.58. The van der Waals surface area contributed by atoms with Crippen molar-refractivity contribution in [1.82, 2.24) is 9.97 Å². The zero-order chi connectivity index (χ0) is 26.0. The molecule has 0 radical (unpaired) electrons. The Kier molecular flexibility index (Phi) is 9.85. The quantitative estimate of drug-likeness (QED) is 0.194. The van der Waals surface area contributed by atoms with Crippen molar-refractivity contribution >= 4 is 5.97 Å². The van der Waals surface area contributed by atoms with Gasteiger partial charge in [-0.05, 0) is 36.0 Å². The highest BCUT2D eigenvalue weighted by atomic mass is 19.4.